The van der Waals surface area contributed by atoms with E-state index in [-0.39, 0.29) is 5.91 Å². The van der Waals surface area contributed by atoms with Crippen LogP contribution in [0.3, 0.4) is 0 Å². The van der Waals surface area contributed by atoms with Gasteiger partial charge in [-0.15, -0.1) is 0 Å². The Hall–Kier alpha value is -4.05. The molecule has 174 valence electrons. The van der Waals surface area contributed by atoms with Crippen molar-refractivity contribution in [2.24, 2.45) is 0 Å². The maximum absolute atomic E-state index is 12.9. The summed E-state index contributed by atoms with van der Waals surface area (Å²) in [7, 11) is 1.63. The van der Waals surface area contributed by atoms with Gasteiger partial charge in [-0.25, -0.2) is 9.67 Å². The summed E-state index contributed by atoms with van der Waals surface area (Å²) in [5.41, 5.74) is 2.63. The number of hydrogen-bond donors (Lipinski definition) is 0. The van der Waals surface area contributed by atoms with Crippen LogP contribution in [-0.4, -0.2) is 73.9 Å². The lowest BCUT2D eigenvalue weighted by Crippen LogP contribution is -2.48. The molecule has 0 aliphatic carbocycles. The first-order valence-electron chi connectivity index (χ1n) is 11.1. The Labute approximate surface area is 196 Å². The van der Waals surface area contributed by atoms with Crippen molar-refractivity contribution in [3.8, 4) is 17.1 Å². The van der Waals surface area contributed by atoms with Gasteiger partial charge >= 0.3 is 0 Å². The van der Waals surface area contributed by atoms with Crippen molar-refractivity contribution >= 4 is 5.91 Å². The Kier molecular flexibility index (Phi) is 6.30. The highest BCUT2D eigenvalue weighted by molar-refractivity contribution is 5.94. The summed E-state index contributed by atoms with van der Waals surface area (Å²) >= 11 is 0. The number of amides is 1. The zero-order valence-corrected chi connectivity index (χ0v) is 18.9. The average Bonchev–Trinajstić information content (AvgIpc) is 3.57. The highest BCUT2D eigenvalue weighted by Crippen LogP contribution is 2.20. The highest BCUT2D eigenvalue weighted by atomic mass is 16.5. The standard InChI is InChI=1S/C24H25N7O3/c1-33-21-8-6-19(7-9-21)23-27-22(34-28-23)15-29-10-12-30(13-11-29)24(32)20-4-2-18(3-5-20)14-31-17-25-16-26-31/h2-9,16-17H,10-15H2,1H3. The lowest BCUT2D eigenvalue weighted by atomic mass is 10.1. The van der Waals surface area contributed by atoms with E-state index < -0.39 is 0 Å². The van der Waals surface area contributed by atoms with Gasteiger partial charge in [0, 0.05) is 37.3 Å². The third-order valence-electron chi connectivity index (χ3n) is 5.85. The first-order chi connectivity index (χ1) is 16.7. The summed E-state index contributed by atoms with van der Waals surface area (Å²) in [6.45, 7) is 3.98. The highest BCUT2D eigenvalue weighted by Gasteiger charge is 2.23. The molecule has 4 aromatic rings. The number of ether oxygens (including phenoxy) is 1. The van der Waals surface area contributed by atoms with Gasteiger partial charge in [0.1, 0.15) is 18.4 Å². The maximum atomic E-state index is 12.9. The van der Waals surface area contributed by atoms with Crippen LogP contribution in [-0.2, 0) is 13.1 Å². The molecule has 5 rings (SSSR count). The summed E-state index contributed by atoms with van der Waals surface area (Å²) in [5.74, 6) is 1.95. The normalized spacial score (nSPS) is 14.3. The van der Waals surface area contributed by atoms with Crippen molar-refractivity contribution in [2.75, 3.05) is 33.3 Å². The van der Waals surface area contributed by atoms with Gasteiger partial charge < -0.3 is 14.2 Å². The summed E-state index contributed by atoms with van der Waals surface area (Å²) in [4.78, 5) is 25.5. The van der Waals surface area contributed by atoms with E-state index in [4.69, 9.17) is 9.26 Å². The van der Waals surface area contributed by atoms with E-state index in [1.807, 2.05) is 53.4 Å². The van der Waals surface area contributed by atoms with Gasteiger partial charge in [-0.05, 0) is 42.0 Å². The van der Waals surface area contributed by atoms with E-state index in [0.29, 0.717) is 43.5 Å². The molecule has 1 amide bonds. The van der Waals surface area contributed by atoms with E-state index in [9.17, 15) is 4.79 Å². The number of methoxy groups -OCH3 is 1. The second-order valence-electron chi connectivity index (χ2n) is 8.10. The fourth-order valence-electron chi connectivity index (χ4n) is 3.91. The van der Waals surface area contributed by atoms with Gasteiger partial charge in [0.25, 0.3) is 5.91 Å². The largest absolute Gasteiger partial charge is 0.497 e. The quantitative estimate of drug-likeness (QED) is 0.415. The molecule has 0 atom stereocenters. The van der Waals surface area contributed by atoms with Crippen molar-refractivity contribution in [1.82, 2.24) is 34.7 Å². The molecule has 0 N–H and O–H groups in total. The van der Waals surface area contributed by atoms with Crippen molar-refractivity contribution in [1.29, 1.82) is 0 Å². The van der Waals surface area contributed by atoms with Crippen LogP contribution in [0, 0.1) is 0 Å². The molecule has 0 spiro atoms. The predicted octanol–water partition coefficient (Wildman–Crippen LogP) is 2.34. The third-order valence-corrected chi connectivity index (χ3v) is 5.85. The molecule has 0 unspecified atom stereocenters. The van der Waals surface area contributed by atoms with Crippen molar-refractivity contribution < 1.29 is 14.1 Å². The fourth-order valence-corrected chi connectivity index (χ4v) is 3.91. The van der Waals surface area contributed by atoms with Crippen molar-refractivity contribution in [2.45, 2.75) is 13.1 Å². The predicted molar refractivity (Wildman–Crippen MR) is 123 cm³/mol. The average molecular weight is 460 g/mol. The molecular formula is C24H25N7O3. The second kappa shape index (κ2) is 9.84. The first kappa shape index (κ1) is 21.8. The number of nitrogens with zero attached hydrogens (tertiary/aromatic N) is 7. The van der Waals surface area contributed by atoms with Crippen LogP contribution in [0.15, 0.2) is 65.7 Å². The summed E-state index contributed by atoms with van der Waals surface area (Å²) < 4.78 is 12.4. The van der Waals surface area contributed by atoms with E-state index in [0.717, 1.165) is 30.0 Å². The zero-order valence-electron chi connectivity index (χ0n) is 18.9. The smallest absolute Gasteiger partial charge is 0.253 e. The van der Waals surface area contributed by atoms with Gasteiger partial charge in [-0.1, -0.05) is 17.3 Å². The van der Waals surface area contributed by atoms with Crippen LogP contribution in [0.1, 0.15) is 21.8 Å². The minimum Gasteiger partial charge on any atom is -0.497 e. The Morgan fingerprint density at radius 2 is 1.76 bits per heavy atom. The van der Waals surface area contributed by atoms with Crippen LogP contribution in [0.25, 0.3) is 11.4 Å². The molecule has 1 aliphatic rings. The minimum absolute atomic E-state index is 0.0477. The number of aromatic nitrogens is 5. The monoisotopic (exact) mass is 459 g/mol. The molecule has 10 nitrogen and oxygen atoms in total. The van der Waals surface area contributed by atoms with Gasteiger partial charge in [-0.3, -0.25) is 9.69 Å². The molecule has 1 saturated heterocycles. The third kappa shape index (κ3) is 4.96. The number of benzene rings is 2. The number of hydrogen-bond acceptors (Lipinski definition) is 8. The molecule has 0 bridgehead atoms. The Morgan fingerprint density at radius 3 is 2.44 bits per heavy atom. The van der Waals surface area contributed by atoms with E-state index in [1.165, 1.54) is 6.33 Å². The number of rotatable bonds is 7. The Morgan fingerprint density at radius 1 is 1.00 bits per heavy atom. The molecule has 0 saturated carbocycles. The summed E-state index contributed by atoms with van der Waals surface area (Å²) in [6.07, 6.45) is 3.18. The molecular weight excluding hydrogens is 434 g/mol. The number of piperazine rings is 1. The Balaban J connectivity index is 1.13. The fraction of sp³-hybridized carbons (Fsp3) is 0.292. The summed E-state index contributed by atoms with van der Waals surface area (Å²) in [5, 5.41) is 8.20. The topological polar surface area (TPSA) is 102 Å². The van der Waals surface area contributed by atoms with Crippen molar-refractivity contribution in [3.05, 3.63) is 78.2 Å². The lowest BCUT2D eigenvalue weighted by molar-refractivity contribution is 0.0615. The van der Waals surface area contributed by atoms with Crippen LogP contribution < -0.4 is 4.74 Å². The molecule has 34 heavy (non-hydrogen) atoms. The minimum atomic E-state index is 0.0477. The molecule has 0 radical (unpaired) electrons. The molecule has 1 aliphatic heterocycles. The zero-order chi connectivity index (χ0) is 23.3. The van der Waals surface area contributed by atoms with Crippen LogP contribution in [0.2, 0.25) is 0 Å². The lowest BCUT2D eigenvalue weighted by Gasteiger charge is -2.34. The molecule has 2 aromatic carbocycles. The number of carbonyl (C=O) groups excluding carboxylic acids is 1. The molecule has 1 fully saturated rings. The van der Waals surface area contributed by atoms with Gasteiger partial charge in [-0.2, -0.15) is 10.1 Å². The van der Waals surface area contributed by atoms with E-state index in [1.54, 1.807) is 18.1 Å². The maximum Gasteiger partial charge on any atom is 0.253 e. The molecule has 2 aromatic heterocycles. The van der Waals surface area contributed by atoms with E-state index in [2.05, 4.69) is 25.1 Å². The van der Waals surface area contributed by atoms with Gasteiger partial charge in [0.2, 0.25) is 11.7 Å². The Bertz CT molecular complexity index is 1210. The number of carbonyl (C=O) groups is 1. The van der Waals surface area contributed by atoms with Crippen LogP contribution in [0.5, 0.6) is 5.75 Å². The summed E-state index contributed by atoms with van der Waals surface area (Å²) in [6, 6.07) is 15.2. The van der Waals surface area contributed by atoms with Gasteiger partial charge in [0.15, 0.2) is 0 Å². The second-order valence-corrected chi connectivity index (χ2v) is 8.10. The van der Waals surface area contributed by atoms with Crippen LogP contribution in [0.4, 0.5) is 0 Å². The molecule has 3 heterocycles. The van der Waals surface area contributed by atoms with Crippen molar-refractivity contribution in [3.63, 3.8) is 0 Å². The van der Waals surface area contributed by atoms with E-state index >= 15 is 0 Å². The first-order valence-corrected chi connectivity index (χ1v) is 11.1. The SMILES string of the molecule is COc1ccc(-c2noc(CN3CCN(C(=O)c4ccc(Cn5cncn5)cc4)CC3)n2)cc1. The molecule has 10 heteroatoms. The van der Waals surface area contributed by atoms with Gasteiger partial charge in [0.05, 0.1) is 20.2 Å². The van der Waals surface area contributed by atoms with Crippen LogP contribution >= 0.6 is 0 Å².